The first-order chi connectivity index (χ1) is 14.2. The fourth-order valence-corrected chi connectivity index (χ4v) is 2.68. The van der Waals surface area contributed by atoms with Crippen LogP contribution < -0.4 is 0 Å². The maximum absolute atomic E-state index is 12.7. The Morgan fingerprint density at radius 1 is 0.733 bits per heavy atom. The molecule has 0 aliphatic rings. The Hall–Kier alpha value is -3.15. The maximum atomic E-state index is 12.7. The molecule has 0 radical (unpaired) electrons. The third-order valence-electron chi connectivity index (χ3n) is 4.23. The van der Waals surface area contributed by atoms with Crippen molar-refractivity contribution in [1.29, 1.82) is 0 Å². The number of benzene rings is 2. The molecule has 0 heterocycles. The molecule has 2 rings (SSSR count). The maximum Gasteiger partial charge on any atom is 0.321 e. The molecule has 30 heavy (non-hydrogen) atoms. The van der Waals surface area contributed by atoms with Gasteiger partial charge in [-0.2, -0.15) is 0 Å². The molecule has 160 valence electrons. The zero-order valence-electron chi connectivity index (χ0n) is 17.8. The molecular formula is C24H28O6. The minimum Gasteiger partial charge on any atom is -0.461 e. The lowest BCUT2D eigenvalue weighted by molar-refractivity contribution is -0.177. The number of hydrogen-bond acceptors (Lipinski definition) is 6. The third-order valence-corrected chi connectivity index (χ3v) is 4.23. The van der Waals surface area contributed by atoms with Gasteiger partial charge in [-0.3, -0.25) is 14.4 Å². The first-order valence-electron chi connectivity index (χ1n) is 9.81. The van der Waals surface area contributed by atoms with Gasteiger partial charge in [-0.15, -0.1) is 0 Å². The molecule has 0 aromatic heterocycles. The molecule has 1 unspecified atom stereocenters. The Morgan fingerprint density at radius 2 is 1.17 bits per heavy atom. The molecule has 0 spiro atoms. The topological polar surface area (TPSA) is 78.9 Å². The first kappa shape index (κ1) is 23.1. The van der Waals surface area contributed by atoms with E-state index in [0.29, 0.717) is 0 Å². The lowest BCUT2D eigenvalue weighted by atomic mass is 9.93. The summed E-state index contributed by atoms with van der Waals surface area (Å²) in [5, 5.41) is 0. The fraction of sp³-hybridized carbons (Fsp3) is 0.375. The summed E-state index contributed by atoms with van der Waals surface area (Å²) in [6.45, 7) is 6.57. The van der Waals surface area contributed by atoms with Gasteiger partial charge in [-0.05, 0) is 31.9 Å². The van der Waals surface area contributed by atoms with Gasteiger partial charge in [0.15, 0.2) is 5.92 Å². The van der Waals surface area contributed by atoms with E-state index in [0.717, 1.165) is 11.1 Å². The van der Waals surface area contributed by atoms with Gasteiger partial charge in [-0.25, -0.2) is 0 Å². The van der Waals surface area contributed by atoms with E-state index in [2.05, 4.69) is 0 Å². The van der Waals surface area contributed by atoms with E-state index in [-0.39, 0.29) is 13.2 Å². The lowest BCUT2D eigenvalue weighted by Gasteiger charge is -2.25. The molecule has 0 saturated heterocycles. The van der Waals surface area contributed by atoms with Crippen LogP contribution in [0.1, 0.15) is 38.8 Å². The fourth-order valence-electron chi connectivity index (χ4n) is 2.68. The molecule has 2 atom stereocenters. The van der Waals surface area contributed by atoms with Crippen LogP contribution in [0.4, 0.5) is 0 Å². The van der Waals surface area contributed by atoms with Crippen LogP contribution in [0.5, 0.6) is 0 Å². The SMILES string of the molecule is C[C@H](C(=O)OCc1ccccc1)C(C(=O)OCc1ccccc1)C(=O)OC(C)(C)C. The average Bonchev–Trinajstić information content (AvgIpc) is 2.70. The van der Waals surface area contributed by atoms with Gasteiger partial charge in [0, 0.05) is 0 Å². The normalized spacial score (nSPS) is 13.1. The number of carbonyl (C=O) groups is 3. The Bertz CT molecular complexity index is 839. The van der Waals surface area contributed by atoms with Crippen LogP contribution >= 0.6 is 0 Å². The van der Waals surface area contributed by atoms with Crippen molar-refractivity contribution < 1.29 is 28.6 Å². The zero-order chi connectivity index (χ0) is 22.1. The second kappa shape index (κ2) is 10.6. The summed E-state index contributed by atoms with van der Waals surface area (Å²) in [7, 11) is 0. The van der Waals surface area contributed by atoms with E-state index < -0.39 is 35.3 Å². The van der Waals surface area contributed by atoms with Crippen molar-refractivity contribution in [3.63, 3.8) is 0 Å². The van der Waals surface area contributed by atoms with Gasteiger partial charge >= 0.3 is 17.9 Å². The summed E-state index contributed by atoms with van der Waals surface area (Å²) < 4.78 is 16.0. The van der Waals surface area contributed by atoms with Crippen molar-refractivity contribution in [1.82, 2.24) is 0 Å². The second-order valence-electron chi connectivity index (χ2n) is 7.99. The Kier molecular flexibility index (Phi) is 8.16. The van der Waals surface area contributed by atoms with E-state index in [4.69, 9.17) is 14.2 Å². The summed E-state index contributed by atoms with van der Waals surface area (Å²) in [6, 6.07) is 18.2. The molecule has 2 aromatic carbocycles. The Morgan fingerprint density at radius 3 is 1.60 bits per heavy atom. The van der Waals surface area contributed by atoms with E-state index in [9.17, 15) is 14.4 Å². The van der Waals surface area contributed by atoms with E-state index in [1.807, 2.05) is 48.5 Å². The molecule has 0 fully saturated rings. The minimum atomic E-state index is -1.42. The predicted octanol–water partition coefficient (Wildman–Crippen LogP) is 4.07. The minimum absolute atomic E-state index is 0.00917. The number of ether oxygens (including phenoxy) is 3. The standard InChI is InChI=1S/C24H28O6/c1-17(21(25)28-15-18-11-7-5-8-12-18)20(23(27)30-24(2,3)4)22(26)29-16-19-13-9-6-10-14-19/h5-14,17,20H,15-16H2,1-4H3/t17-,20?/m0/s1. The first-order valence-corrected chi connectivity index (χ1v) is 9.81. The van der Waals surface area contributed by atoms with Crippen LogP contribution in [0.25, 0.3) is 0 Å². The van der Waals surface area contributed by atoms with Gasteiger partial charge in [0.25, 0.3) is 0 Å². The molecule has 6 heteroatoms. The highest BCUT2D eigenvalue weighted by molar-refractivity contribution is 5.99. The van der Waals surface area contributed by atoms with Crippen molar-refractivity contribution in [2.24, 2.45) is 11.8 Å². The lowest BCUT2D eigenvalue weighted by Crippen LogP contribution is -2.40. The highest BCUT2D eigenvalue weighted by Gasteiger charge is 2.41. The van der Waals surface area contributed by atoms with Crippen LogP contribution in [-0.4, -0.2) is 23.5 Å². The highest BCUT2D eigenvalue weighted by atomic mass is 16.6. The highest BCUT2D eigenvalue weighted by Crippen LogP contribution is 2.22. The molecular weight excluding hydrogens is 384 g/mol. The van der Waals surface area contributed by atoms with Crippen molar-refractivity contribution in [2.75, 3.05) is 0 Å². The summed E-state index contributed by atoms with van der Waals surface area (Å²) >= 11 is 0. The summed E-state index contributed by atoms with van der Waals surface area (Å²) in [5.74, 6) is -4.79. The quantitative estimate of drug-likeness (QED) is 0.369. The van der Waals surface area contributed by atoms with Crippen molar-refractivity contribution in [2.45, 2.75) is 46.5 Å². The molecule has 0 amide bonds. The number of carbonyl (C=O) groups excluding carboxylic acids is 3. The van der Waals surface area contributed by atoms with Crippen LogP contribution in [0.2, 0.25) is 0 Å². The summed E-state index contributed by atoms with van der Waals surface area (Å²) in [4.78, 5) is 38.0. The molecule has 0 aliphatic carbocycles. The van der Waals surface area contributed by atoms with Gasteiger partial charge in [-0.1, -0.05) is 67.6 Å². The second-order valence-corrected chi connectivity index (χ2v) is 7.99. The smallest absolute Gasteiger partial charge is 0.321 e. The van der Waals surface area contributed by atoms with Gasteiger partial charge in [0.1, 0.15) is 18.8 Å². The van der Waals surface area contributed by atoms with Gasteiger partial charge < -0.3 is 14.2 Å². The van der Waals surface area contributed by atoms with Crippen LogP contribution in [0, 0.1) is 11.8 Å². The molecule has 2 aromatic rings. The number of rotatable bonds is 8. The van der Waals surface area contributed by atoms with E-state index in [1.165, 1.54) is 6.92 Å². The molecule has 0 saturated carbocycles. The zero-order valence-corrected chi connectivity index (χ0v) is 17.8. The van der Waals surface area contributed by atoms with Gasteiger partial charge in [0.05, 0.1) is 5.92 Å². The molecule has 0 N–H and O–H groups in total. The number of hydrogen-bond donors (Lipinski definition) is 0. The predicted molar refractivity (Wildman–Crippen MR) is 111 cm³/mol. The number of esters is 3. The molecule has 0 aliphatic heterocycles. The largest absolute Gasteiger partial charge is 0.461 e. The van der Waals surface area contributed by atoms with Crippen LogP contribution in [0.15, 0.2) is 60.7 Å². The van der Waals surface area contributed by atoms with Gasteiger partial charge in [0.2, 0.25) is 0 Å². The van der Waals surface area contributed by atoms with E-state index >= 15 is 0 Å². The Balaban J connectivity index is 2.09. The van der Waals surface area contributed by atoms with Crippen molar-refractivity contribution >= 4 is 17.9 Å². The van der Waals surface area contributed by atoms with Crippen molar-refractivity contribution in [3.05, 3.63) is 71.8 Å². The summed E-state index contributed by atoms with van der Waals surface area (Å²) in [6.07, 6.45) is 0. The molecule has 6 nitrogen and oxygen atoms in total. The average molecular weight is 412 g/mol. The van der Waals surface area contributed by atoms with Crippen molar-refractivity contribution in [3.8, 4) is 0 Å². The Labute approximate surface area is 177 Å². The van der Waals surface area contributed by atoms with Crippen LogP contribution in [0.3, 0.4) is 0 Å². The molecule has 0 bridgehead atoms. The third kappa shape index (κ3) is 7.35. The van der Waals surface area contributed by atoms with Crippen LogP contribution in [-0.2, 0) is 41.8 Å². The summed E-state index contributed by atoms with van der Waals surface area (Å²) in [5.41, 5.74) is 0.759. The van der Waals surface area contributed by atoms with E-state index in [1.54, 1.807) is 32.9 Å². The monoisotopic (exact) mass is 412 g/mol.